The lowest BCUT2D eigenvalue weighted by Crippen LogP contribution is -2.05. The van der Waals surface area contributed by atoms with Crippen LogP contribution < -0.4 is 5.32 Å². The number of hydrogen-bond donors (Lipinski definition) is 1. The standard InChI is InChI=1S/C14H12N4O2S2/c1-9(19)15-13-16-11(7-21-13)8-22-14-18-17-12(20-14)10-5-3-2-4-6-10/h2-7H,8H2,1H3,(H,15,16,19). The van der Waals surface area contributed by atoms with Crippen molar-refractivity contribution < 1.29 is 9.21 Å². The molecule has 2 aromatic heterocycles. The second kappa shape index (κ2) is 6.71. The van der Waals surface area contributed by atoms with Crippen LogP contribution in [0, 0.1) is 0 Å². The van der Waals surface area contributed by atoms with Gasteiger partial charge in [-0.1, -0.05) is 30.0 Å². The molecule has 1 amide bonds. The molecule has 112 valence electrons. The minimum Gasteiger partial charge on any atom is -0.411 e. The molecule has 2 heterocycles. The molecule has 8 heteroatoms. The fourth-order valence-corrected chi connectivity index (χ4v) is 3.20. The number of nitrogens with zero attached hydrogens (tertiary/aromatic N) is 3. The van der Waals surface area contributed by atoms with E-state index in [0.29, 0.717) is 22.0 Å². The minimum atomic E-state index is -0.127. The number of anilines is 1. The maximum Gasteiger partial charge on any atom is 0.277 e. The summed E-state index contributed by atoms with van der Waals surface area (Å²) in [7, 11) is 0. The molecule has 0 unspecified atom stereocenters. The summed E-state index contributed by atoms with van der Waals surface area (Å²) in [5, 5.41) is 13.7. The average molecular weight is 332 g/mol. The van der Waals surface area contributed by atoms with Crippen molar-refractivity contribution in [3.63, 3.8) is 0 Å². The number of benzene rings is 1. The number of rotatable bonds is 5. The SMILES string of the molecule is CC(=O)Nc1nc(CSc2nnc(-c3ccccc3)o2)cs1. The first-order valence-corrected chi connectivity index (χ1v) is 8.31. The zero-order valence-corrected chi connectivity index (χ0v) is 13.3. The van der Waals surface area contributed by atoms with E-state index in [1.165, 1.54) is 30.0 Å². The molecule has 0 atom stereocenters. The van der Waals surface area contributed by atoms with Gasteiger partial charge in [0.05, 0.1) is 5.69 Å². The van der Waals surface area contributed by atoms with Crippen LogP contribution in [0.3, 0.4) is 0 Å². The topological polar surface area (TPSA) is 80.9 Å². The lowest BCUT2D eigenvalue weighted by atomic mass is 10.2. The fourth-order valence-electron chi connectivity index (χ4n) is 1.68. The Bertz CT molecular complexity index is 770. The fraction of sp³-hybridized carbons (Fsp3) is 0.143. The Morgan fingerprint density at radius 3 is 2.91 bits per heavy atom. The monoisotopic (exact) mass is 332 g/mol. The molecule has 0 aliphatic carbocycles. The van der Waals surface area contributed by atoms with Gasteiger partial charge in [-0.3, -0.25) is 4.79 Å². The molecule has 0 fully saturated rings. The minimum absolute atomic E-state index is 0.127. The van der Waals surface area contributed by atoms with E-state index in [1.807, 2.05) is 35.7 Å². The van der Waals surface area contributed by atoms with Crippen molar-refractivity contribution >= 4 is 34.1 Å². The molecule has 0 radical (unpaired) electrons. The van der Waals surface area contributed by atoms with Crippen LogP contribution in [0.1, 0.15) is 12.6 Å². The number of hydrogen-bond acceptors (Lipinski definition) is 7. The van der Waals surface area contributed by atoms with Crippen LogP contribution in [0.5, 0.6) is 0 Å². The summed E-state index contributed by atoms with van der Waals surface area (Å²) in [6, 6.07) is 9.62. The molecule has 0 bridgehead atoms. The summed E-state index contributed by atoms with van der Waals surface area (Å²) in [6.45, 7) is 1.46. The molecule has 22 heavy (non-hydrogen) atoms. The van der Waals surface area contributed by atoms with Gasteiger partial charge in [0, 0.05) is 23.6 Å². The molecule has 0 saturated heterocycles. The summed E-state index contributed by atoms with van der Waals surface area (Å²) < 4.78 is 5.61. The highest BCUT2D eigenvalue weighted by Gasteiger charge is 2.10. The Labute approximate surface area is 135 Å². The van der Waals surface area contributed by atoms with Crippen molar-refractivity contribution in [1.29, 1.82) is 0 Å². The quantitative estimate of drug-likeness (QED) is 0.721. The van der Waals surface area contributed by atoms with E-state index in [9.17, 15) is 4.79 Å². The van der Waals surface area contributed by atoms with Crippen molar-refractivity contribution in [2.75, 3.05) is 5.32 Å². The van der Waals surface area contributed by atoms with E-state index in [-0.39, 0.29) is 5.91 Å². The first-order valence-electron chi connectivity index (χ1n) is 6.44. The van der Waals surface area contributed by atoms with Crippen LogP contribution in [0.25, 0.3) is 11.5 Å². The molecule has 0 saturated carbocycles. The molecule has 0 spiro atoms. The predicted octanol–water partition coefficient (Wildman–Crippen LogP) is 3.44. The van der Waals surface area contributed by atoms with E-state index < -0.39 is 0 Å². The van der Waals surface area contributed by atoms with E-state index in [0.717, 1.165) is 11.3 Å². The second-order valence-corrected chi connectivity index (χ2v) is 6.14. The number of carbonyl (C=O) groups is 1. The Balaban J connectivity index is 1.61. The van der Waals surface area contributed by atoms with Crippen LogP contribution in [-0.2, 0) is 10.5 Å². The highest BCUT2D eigenvalue weighted by molar-refractivity contribution is 7.98. The Morgan fingerprint density at radius 2 is 2.14 bits per heavy atom. The molecule has 1 aromatic carbocycles. The lowest BCUT2D eigenvalue weighted by Gasteiger charge is -1.94. The van der Waals surface area contributed by atoms with Gasteiger partial charge in [-0.15, -0.1) is 21.5 Å². The molecular weight excluding hydrogens is 320 g/mol. The van der Waals surface area contributed by atoms with Gasteiger partial charge in [0.15, 0.2) is 5.13 Å². The van der Waals surface area contributed by atoms with Gasteiger partial charge in [0.25, 0.3) is 5.22 Å². The molecule has 3 rings (SSSR count). The third-order valence-corrected chi connectivity index (χ3v) is 4.26. The number of thioether (sulfide) groups is 1. The smallest absolute Gasteiger partial charge is 0.277 e. The maximum atomic E-state index is 11.0. The molecule has 3 aromatic rings. The van der Waals surface area contributed by atoms with Crippen LogP contribution in [0.4, 0.5) is 5.13 Å². The predicted molar refractivity (Wildman–Crippen MR) is 85.7 cm³/mol. The summed E-state index contributed by atoms with van der Waals surface area (Å²) in [5.74, 6) is 0.977. The van der Waals surface area contributed by atoms with Gasteiger partial charge in [0.2, 0.25) is 11.8 Å². The van der Waals surface area contributed by atoms with Crippen molar-refractivity contribution in [3.8, 4) is 11.5 Å². The third-order valence-electron chi connectivity index (χ3n) is 2.61. The van der Waals surface area contributed by atoms with E-state index in [2.05, 4.69) is 20.5 Å². The second-order valence-electron chi connectivity index (χ2n) is 4.35. The molecule has 6 nitrogen and oxygen atoms in total. The van der Waals surface area contributed by atoms with Gasteiger partial charge in [-0.05, 0) is 12.1 Å². The number of carbonyl (C=O) groups excluding carboxylic acids is 1. The number of thiazole rings is 1. The number of nitrogens with one attached hydrogen (secondary N) is 1. The largest absolute Gasteiger partial charge is 0.411 e. The third kappa shape index (κ3) is 3.71. The summed E-state index contributed by atoms with van der Waals surface area (Å²) in [4.78, 5) is 15.3. The number of aromatic nitrogens is 3. The molecule has 1 N–H and O–H groups in total. The highest BCUT2D eigenvalue weighted by atomic mass is 32.2. The Kier molecular flexibility index (Phi) is 4.50. The Morgan fingerprint density at radius 1 is 1.32 bits per heavy atom. The average Bonchev–Trinajstić information content (AvgIpc) is 3.15. The first-order chi connectivity index (χ1) is 10.7. The van der Waals surface area contributed by atoms with E-state index >= 15 is 0 Å². The van der Waals surface area contributed by atoms with Gasteiger partial charge in [0.1, 0.15) is 0 Å². The maximum absolute atomic E-state index is 11.0. The molecular formula is C14H12N4O2S2. The normalized spacial score (nSPS) is 10.6. The van der Waals surface area contributed by atoms with Crippen LogP contribution in [0.2, 0.25) is 0 Å². The zero-order valence-electron chi connectivity index (χ0n) is 11.6. The van der Waals surface area contributed by atoms with Crippen LogP contribution in [0.15, 0.2) is 45.4 Å². The van der Waals surface area contributed by atoms with Gasteiger partial charge in [-0.25, -0.2) is 4.98 Å². The summed E-state index contributed by atoms with van der Waals surface area (Å²) in [5.41, 5.74) is 1.75. The van der Waals surface area contributed by atoms with Crippen molar-refractivity contribution in [2.45, 2.75) is 17.9 Å². The van der Waals surface area contributed by atoms with Crippen LogP contribution >= 0.6 is 23.1 Å². The van der Waals surface area contributed by atoms with Crippen molar-refractivity contribution in [2.24, 2.45) is 0 Å². The highest BCUT2D eigenvalue weighted by Crippen LogP contribution is 2.26. The number of amides is 1. The van der Waals surface area contributed by atoms with Gasteiger partial charge in [-0.2, -0.15) is 0 Å². The Hall–Kier alpha value is -2.19. The zero-order chi connectivity index (χ0) is 15.4. The molecule has 0 aliphatic rings. The first kappa shape index (κ1) is 14.7. The summed E-state index contributed by atoms with van der Waals surface area (Å²) in [6.07, 6.45) is 0. The van der Waals surface area contributed by atoms with Gasteiger partial charge < -0.3 is 9.73 Å². The molecule has 0 aliphatic heterocycles. The van der Waals surface area contributed by atoms with Crippen molar-refractivity contribution in [1.82, 2.24) is 15.2 Å². The van der Waals surface area contributed by atoms with Crippen molar-refractivity contribution in [3.05, 3.63) is 41.4 Å². The van der Waals surface area contributed by atoms with E-state index in [1.54, 1.807) is 0 Å². The lowest BCUT2D eigenvalue weighted by molar-refractivity contribution is -0.114. The van der Waals surface area contributed by atoms with Gasteiger partial charge >= 0.3 is 0 Å². The van der Waals surface area contributed by atoms with E-state index in [4.69, 9.17) is 4.42 Å². The van der Waals surface area contributed by atoms with Crippen LogP contribution in [-0.4, -0.2) is 21.1 Å². The summed E-state index contributed by atoms with van der Waals surface area (Å²) >= 11 is 2.80.